The van der Waals surface area contributed by atoms with Crippen LogP contribution in [0.5, 0.6) is 0 Å². The Morgan fingerprint density at radius 3 is 2.93 bits per heavy atom. The zero-order valence-electron chi connectivity index (χ0n) is 7.17. The van der Waals surface area contributed by atoms with E-state index in [1.54, 1.807) is 0 Å². The van der Waals surface area contributed by atoms with Crippen molar-refractivity contribution in [2.45, 2.75) is 12.3 Å². The first kappa shape index (κ1) is 9.20. The van der Waals surface area contributed by atoms with Gasteiger partial charge in [0.05, 0.1) is 23.7 Å². The summed E-state index contributed by atoms with van der Waals surface area (Å²) in [4.78, 5) is 10.6. The van der Waals surface area contributed by atoms with E-state index < -0.39 is 15.8 Å². The number of aromatic carboxylic acids is 1. The summed E-state index contributed by atoms with van der Waals surface area (Å²) >= 11 is 0. The third-order valence-corrected chi connectivity index (χ3v) is 3.60. The molecule has 0 radical (unpaired) electrons. The average Bonchev–Trinajstić information content (AvgIpc) is 2.45. The largest absolute Gasteiger partial charge is 0.476 e. The number of carbonyl (C=O) groups is 1. The van der Waals surface area contributed by atoms with Gasteiger partial charge in [-0.15, -0.1) is 0 Å². The summed E-state index contributed by atoms with van der Waals surface area (Å²) in [5.74, 6) is -1.22. The fraction of sp³-hybridized carbons (Fsp3) is 0.429. The molecule has 0 unspecified atom stereocenters. The highest BCUT2D eigenvalue weighted by molar-refractivity contribution is 7.90. The van der Waals surface area contributed by atoms with Crippen molar-refractivity contribution in [2.24, 2.45) is 0 Å². The highest BCUT2D eigenvalue weighted by atomic mass is 32.2. The SMILES string of the molecule is O=C(O)c1cc2n(n1)CCS(=O)(=O)C2. The monoisotopic (exact) mass is 216 g/mol. The van der Waals surface area contributed by atoms with Crippen LogP contribution in [-0.2, 0) is 22.1 Å². The highest BCUT2D eigenvalue weighted by Gasteiger charge is 2.24. The molecule has 0 atom stereocenters. The van der Waals surface area contributed by atoms with E-state index in [2.05, 4.69) is 5.10 Å². The average molecular weight is 216 g/mol. The van der Waals surface area contributed by atoms with Crippen LogP contribution in [0, 0.1) is 0 Å². The molecular formula is C7H8N2O4S. The van der Waals surface area contributed by atoms with Crippen molar-refractivity contribution in [3.05, 3.63) is 17.5 Å². The van der Waals surface area contributed by atoms with E-state index in [1.165, 1.54) is 10.7 Å². The van der Waals surface area contributed by atoms with Crippen LogP contribution < -0.4 is 0 Å². The van der Waals surface area contributed by atoms with Crippen LogP contribution in [0.15, 0.2) is 6.07 Å². The number of nitrogens with zero attached hydrogens (tertiary/aromatic N) is 2. The molecule has 0 saturated carbocycles. The van der Waals surface area contributed by atoms with Crippen LogP contribution in [0.25, 0.3) is 0 Å². The van der Waals surface area contributed by atoms with Crippen molar-refractivity contribution in [3.8, 4) is 0 Å². The van der Waals surface area contributed by atoms with Gasteiger partial charge in [0, 0.05) is 0 Å². The zero-order valence-corrected chi connectivity index (χ0v) is 7.99. The van der Waals surface area contributed by atoms with E-state index in [4.69, 9.17) is 5.11 Å². The first-order valence-corrected chi connectivity index (χ1v) is 5.80. The maximum absolute atomic E-state index is 11.2. The fourth-order valence-corrected chi connectivity index (χ4v) is 2.67. The maximum atomic E-state index is 11.2. The number of hydrogen-bond donors (Lipinski definition) is 1. The lowest BCUT2D eigenvalue weighted by Crippen LogP contribution is -2.24. The zero-order chi connectivity index (χ0) is 10.3. The van der Waals surface area contributed by atoms with E-state index in [1.807, 2.05) is 0 Å². The molecule has 7 heteroatoms. The molecule has 1 aromatic heterocycles. The number of rotatable bonds is 1. The van der Waals surface area contributed by atoms with Crippen molar-refractivity contribution < 1.29 is 18.3 Å². The molecule has 0 fully saturated rings. The number of aryl methyl sites for hydroxylation is 1. The van der Waals surface area contributed by atoms with Gasteiger partial charge in [0.1, 0.15) is 0 Å². The van der Waals surface area contributed by atoms with Crippen LogP contribution >= 0.6 is 0 Å². The van der Waals surface area contributed by atoms with Gasteiger partial charge < -0.3 is 5.11 Å². The topological polar surface area (TPSA) is 89.3 Å². The van der Waals surface area contributed by atoms with Crippen molar-refractivity contribution in [1.82, 2.24) is 9.78 Å². The molecule has 6 nitrogen and oxygen atoms in total. The van der Waals surface area contributed by atoms with Crippen molar-refractivity contribution in [2.75, 3.05) is 5.75 Å². The number of carboxylic acid groups (broad SMARTS) is 1. The number of carboxylic acids is 1. The Morgan fingerprint density at radius 1 is 1.57 bits per heavy atom. The predicted molar refractivity (Wildman–Crippen MR) is 46.7 cm³/mol. The standard InChI is InChI=1S/C7H8N2O4S/c10-7(11)6-3-5-4-14(12,13)2-1-9(5)8-6/h3H,1-2,4H2,(H,10,11). The van der Waals surface area contributed by atoms with Crippen LogP contribution in [0.2, 0.25) is 0 Å². The molecule has 0 amide bonds. The smallest absolute Gasteiger partial charge is 0.356 e. The second-order valence-corrected chi connectivity index (χ2v) is 5.33. The number of aromatic nitrogens is 2. The molecule has 1 N–H and O–H groups in total. The summed E-state index contributed by atoms with van der Waals surface area (Å²) in [6.07, 6.45) is 0. The van der Waals surface area contributed by atoms with Crippen molar-refractivity contribution >= 4 is 15.8 Å². The number of fused-ring (bicyclic) bond motifs is 1. The first-order chi connectivity index (χ1) is 6.48. The van der Waals surface area contributed by atoms with Crippen LogP contribution in [-0.4, -0.2) is 35.0 Å². The molecule has 1 aromatic rings. The summed E-state index contributed by atoms with van der Waals surface area (Å²) in [6, 6.07) is 1.30. The lowest BCUT2D eigenvalue weighted by molar-refractivity contribution is 0.0689. The molecule has 0 aromatic carbocycles. The quantitative estimate of drug-likeness (QED) is 0.684. The lowest BCUT2D eigenvalue weighted by Gasteiger charge is -2.13. The predicted octanol–water partition coefficient (Wildman–Crippen LogP) is -0.490. The Kier molecular flexibility index (Phi) is 1.84. The summed E-state index contributed by atoms with van der Waals surface area (Å²) < 4.78 is 23.8. The molecular weight excluding hydrogens is 208 g/mol. The molecule has 2 heterocycles. The second kappa shape index (κ2) is 2.81. The van der Waals surface area contributed by atoms with Gasteiger partial charge in [-0.05, 0) is 6.07 Å². The third-order valence-electron chi connectivity index (χ3n) is 2.06. The Bertz CT molecular complexity index is 488. The van der Waals surface area contributed by atoms with E-state index in [9.17, 15) is 13.2 Å². The Labute approximate surface area is 80.1 Å². The Balaban J connectivity index is 2.44. The molecule has 76 valence electrons. The maximum Gasteiger partial charge on any atom is 0.356 e. The molecule has 1 aliphatic heterocycles. The Morgan fingerprint density at radius 2 is 2.29 bits per heavy atom. The van der Waals surface area contributed by atoms with E-state index >= 15 is 0 Å². The van der Waals surface area contributed by atoms with E-state index in [-0.39, 0.29) is 23.7 Å². The van der Waals surface area contributed by atoms with Gasteiger partial charge in [0.25, 0.3) is 0 Å². The number of hydrogen-bond acceptors (Lipinski definition) is 4. The minimum atomic E-state index is -3.06. The summed E-state index contributed by atoms with van der Waals surface area (Å²) in [5, 5.41) is 12.4. The van der Waals surface area contributed by atoms with Gasteiger partial charge in [-0.2, -0.15) is 5.10 Å². The summed E-state index contributed by atoms with van der Waals surface area (Å²) in [7, 11) is -3.06. The summed E-state index contributed by atoms with van der Waals surface area (Å²) in [5.41, 5.74) is 0.353. The van der Waals surface area contributed by atoms with Crippen LogP contribution in [0.1, 0.15) is 16.2 Å². The molecule has 1 aliphatic rings. The molecule has 0 aliphatic carbocycles. The van der Waals surface area contributed by atoms with Gasteiger partial charge in [-0.3, -0.25) is 4.68 Å². The van der Waals surface area contributed by atoms with Crippen LogP contribution in [0.3, 0.4) is 0 Å². The first-order valence-electron chi connectivity index (χ1n) is 3.98. The normalized spacial score (nSPS) is 18.9. The minimum absolute atomic E-state index is 0.0285. The Hall–Kier alpha value is -1.37. The van der Waals surface area contributed by atoms with E-state index in [0.717, 1.165) is 0 Å². The van der Waals surface area contributed by atoms with Crippen molar-refractivity contribution in [3.63, 3.8) is 0 Å². The summed E-state index contributed by atoms with van der Waals surface area (Å²) in [6.45, 7) is 0.241. The molecule has 2 rings (SSSR count). The highest BCUT2D eigenvalue weighted by Crippen LogP contribution is 2.15. The van der Waals surface area contributed by atoms with Gasteiger partial charge in [-0.25, -0.2) is 13.2 Å². The van der Waals surface area contributed by atoms with Gasteiger partial charge >= 0.3 is 5.97 Å². The van der Waals surface area contributed by atoms with E-state index in [0.29, 0.717) is 5.69 Å². The molecule has 0 spiro atoms. The molecule has 14 heavy (non-hydrogen) atoms. The van der Waals surface area contributed by atoms with Gasteiger partial charge in [0.2, 0.25) is 0 Å². The number of sulfone groups is 1. The second-order valence-electron chi connectivity index (χ2n) is 3.14. The van der Waals surface area contributed by atoms with Gasteiger partial charge in [0.15, 0.2) is 15.5 Å². The van der Waals surface area contributed by atoms with Crippen molar-refractivity contribution in [1.29, 1.82) is 0 Å². The molecule has 0 bridgehead atoms. The molecule has 0 saturated heterocycles. The lowest BCUT2D eigenvalue weighted by atomic mass is 10.4. The minimum Gasteiger partial charge on any atom is -0.476 e. The van der Waals surface area contributed by atoms with Gasteiger partial charge in [-0.1, -0.05) is 0 Å². The third kappa shape index (κ3) is 1.50. The fourth-order valence-electron chi connectivity index (χ4n) is 1.39. The van der Waals surface area contributed by atoms with Crippen LogP contribution in [0.4, 0.5) is 0 Å².